The Bertz CT molecular complexity index is 859. The van der Waals surface area contributed by atoms with E-state index in [0.29, 0.717) is 58.7 Å². The summed E-state index contributed by atoms with van der Waals surface area (Å²) in [4.78, 5) is 43.2. The number of hydrogen-bond acceptors (Lipinski definition) is 4. The predicted molar refractivity (Wildman–Crippen MR) is 121 cm³/mol. The van der Waals surface area contributed by atoms with E-state index in [9.17, 15) is 27.6 Å². The van der Waals surface area contributed by atoms with Gasteiger partial charge in [0, 0.05) is 56.8 Å². The molecule has 0 spiro atoms. The summed E-state index contributed by atoms with van der Waals surface area (Å²) in [6, 6.07) is 4.37. The molecular formula is C24H33F3N4O3. The van der Waals surface area contributed by atoms with E-state index < -0.39 is 11.7 Å². The lowest BCUT2D eigenvalue weighted by atomic mass is 9.94. The molecule has 0 bridgehead atoms. The molecule has 2 fully saturated rings. The largest absolute Gasteiger partial charge is 0.416 e. The van der Waals surface area contributed by atoms with Gasteiger partial charge < -0.3 is 15.1 Å². The average molecular weight is 483 g/mol. The van der Waals surface area contributed by atoms with Crippen LogP contribution in [-0.4, -0.2) is 84.3 Å². The van der Waals surface area contributed by atoms with Crippen LogP contribution in [0.2, 0.25) is 0 Å². The molecule has 3 amide bonds. The Hall–Kier alpha value is -2.62. The van der Waals surface area contributed by atoms with Gasteiger partial charge in [-0.25, -0.2) is 0 Å². The van der Waals surface area contributed by atoms with Gasteiger partial charge >= 0.3 is 6.18 Å². The van der Waals surface area contributed by atoms with Crippen molar-refractivity contribution in [2.24, 2.45) is 5.92 Å². The van der Waals surface area contributed by atoms with Crippen molar-refractivity contribution in [3.05, 3.63) is 35.4 Å². The van der Waals surface area contributed by atoms with Crippen LogP contribution in [0.1, 0.15) is 49.0 Å². The summed E-state index contributed by atoms with van der Waals surface area (Å²) in [5.41, 5.74) is -0.573. The highest BCUT2D eigenvalue weighted by molar-refractivity contribution is 5.94. The summed E-state index contributed by atoms with van der Waals surface area (Å²) in [6.45, 7) is 7.53. The van der Waals surface area contributed by atoms with Gasteiger partial charge in [-0.3, -0.25) is 19.3 Å². The van der Waals surface area contributed by atoms with Crippen LogP contribution in [0.15, 0.2) is 24.3 Å². The lowest BCUT2D eigenvalue weighted by Gasteiger charge is -2.38. The van der Waals surface area contributed by atoms with Gasteiger partial charge in [0.05, 0.1) is 12.1 Å². The van der Waals surface area contributed by atoms with Crippen LogP contribution in [0, 0.1) is 5.92 Å². The molecular weight excluding hydrogens is 449 g/mol. The summed E-state index contributed by atoms with van der Waals surface area (Å²) in [5.74, 6) is -0.412. The Kier molecular flexibility index (Phi) is 8.57. The molecule has 188 valence electrons. The Morgan fingerprint density at radius 2 is 1.56 bits per heavy atom. The molecule has 10 heteroatoms. The summed E-state index contributed by atoms with van der Waals surface area (Å²) < 4.78 is 38.2. The molecule has 34 heavy (non-hydrogen) atoms. The van der Waals surface area contributed by atoms with Crippen molar-refractivity contribution in [1.29, 1.82) is 0 Å². The van der Waals surface area contributed by atoms with Crippen LogP contribution in [0.4, 0.5) is 13.2 Å². The summed E-state index contributed by atoms with van der Waals surface area (Å²) in [6.07, 6.45) is -2.50. The van der Waals surface area contributed by atoms with Gasteiger partial charge in [0.2, 0.25) is 11.8 Å². The molecule has 7 nitrogen and oxygen atoms in total. The molecule has 2 aliphatic heterocycles. The molecule has 1 atom stereocenters. The summed E-state index contributed by atoms with van der Waals surface area (Å²) >= 11 is 0. The van der Waals surface area contributed by atoms with Crippen LogP contribution in [0.3, 0.4) is 0 Å². The number of carbonyl (C=O) groups is 3. The molecule has 1 aromatic carbocycles. The van der Waals surface area contributed by atoms with Crippen molar-refractivity contribution >= 4 is 17.7 Å². The number of halogens is 3. The number of carbonyl (C=O) groups excluding carboxylic acids is 3. The number of likely N-dealkylation sites (tertiary alicyclic amines) is 1. The van der Waals surface area contributed by atoms with Crippen LogP contribution in [0.5, 0.6) is 0 Å². The summed E-state index contributed by atoms with van der Waals surface area (Å²) in [7, 11) is 0. The van der Waals surface area contributed by atoms with Gasteiger partial charge in [-0.05, 0) is 50.5 Å². The van der Waals surface area contributed by atoms with E-state index in [2.05, 4.69) is 5.32 Å². The van der Waals surface area contributed by atoms with E-state index in [1.54, 1.807) is 4.90 Å². The maximum atomic E-state index is 13.0. The van der Waals surface area contributed by atoms with Crippen molar-refractivity contribution in [2.45, 2.75) is 45.3 Å². The fourth-order valence-electron chi connectivity index (χ4n) is 4.32. The van der Waals surface area contributed by atoms with Crippen LogP contribution < -0.4 is 5.32 Å². The molecule has 1 N–H and O–H groups in total. The molecule has 0 aliphatic carbocycles. The van der Waals surface area contributed by atoms with E-state index >= 15 is 0 Å². The molecule has 0 unspecified atom stereocenters. The standard InChI is InChI=1S/C24H33F3N4O3/c1-3-17(2)28-21(32)16-29-12-14-31(15-13-29)23(34)19-8-10-30(11-9-19)22(33)18-4-6-20(7-5-18)24(25,26)27/h4-7,17,19H,3,8-16H2,1-2H3,(H,28,32)/t17-/m0/s1. The summed E-state index contributed by atoms with van der Waals surface area (Å²) in [5, 5.41) is 2.95. The van der Waals surface area contributed by atoms with Crippen LogP contribution in [-0.2, 0) is 15.8 Å². The highest BCUT2D eigenvalue weighted by Crippen LogP contribution is 2.29. The number of piperidine rings is 1. The molecule has 1 aromatic rings. The quantitative estimate of drug-likeness (QED) is 0.677. The van der Waals surface area contributed by atoms with Crippen molar-refractivity contribution < 1.29 is 27.6 Å². The third-order valence-corrected chi connectivity index (χ3v) is 6.66. The number of piperazine rings is 1. The first-order chi connectivity index (χ1) is 16.1. The minimum absolute atomic E-state index is 0.000730. The van der Waals surface area contributed by atoms with E-state index in [4.69, 9.17) is 0 Å². The molecule has 2 heterocycles. The zero-order valence-electron chi connectivity index (χ0n) is 19.7. The highest BCUT2D eigenvalue weighted by Gasteiger charge is 2.33. The second kappa shape index (κ2) is 11.2. The van der Waals surface area contributed by atoms with Gasteiger partial charge in [0.1, 0.15) is 0 Å². The molecule has 0 saturated carbocycles. The van der Waals surface area contributed by atoms with Crippen molar-refractivity contribution in [2.75, 3.05) is 45.8 Å². The fourth-order valence-corrected chi connectivity index (χ4v) is 4.32. The van der Waals surface area contributed by atoms with E-state index in [1.165, 1.54) is 12.1 Å². The maximum absolute atomic E-state index is 13.0. The Balaban J connectivity index is 1.43. The number of amides is 3. The molecule has 0 aromatic heterocycles. The lowest BCUT2D eigenvalue weighted by Crippen LogP contribution is -2.53. The maximum Gasteiger partial charge on any atom is 0.416 e. The predicted octanol–water partition coefficient (Wildman–Crippen LogP) is 2.62. The van der Waals surface area contributed by atoms with Crippen LogP contribution >= 0.6 is 0 Å². The zero-order chi connectivity index (χ0) is 24.9. The number of nitrogens with one attached hydrogen (secondary N) is 1. The first kappa shape index (κ1) is 26.0. The molecule has 2 saturated heterocycles. The Morgan fingerprint density at radius 3 is 2.09 bits per heavy atom. The van der Waals surface area contributed by atoms with E-state index in [-0.39, 0.29) is 35.2 Å². The number of alkyl halides is 3. The van der Waals surface area contributed by atoms with E-state index in [0.717, 1.165) is 18.6 Å². The molecule has 3 rings (SSSR count). The monoisotopic (exact) mass is 482 g/mol. The van der Waals surface area contributed by atoms with Gasteiger partial charge in [-0.1, -0.05) is 6.92 Å². The van der Waals surface area contributed by atoms with Crippen molar-refractivity contribution in [3.63, 3.8) is 0 Å². The van der Waals surface area contributed by atoms with E-state index in [1.807, 2.05) is 23.6 Å². The third kappa shape index (κ3) is 6.71. The normalized spacial score (nSPS) is 19.1. The number of rotatable bonds is 6. The smallest absolute Gasteiger partial charge is 0.353 e. The average Bonchev–Trinajstić information content (AvgIpc) is 2.83. The topological polar surface area (TPSA) is 73.0 Å². The van der Waals surface area contributed by atoms with Gasteiger partial charge in [0.25, 0.3) is 5.91 Å². The SMILES string of the molecule is CC[C@H](C)NC(=O)CN1CCN(C(=O)C2CCN(C(=O)c3ccc(C(F)(F)F)cc3)CC2)CC1. The third-order valence-electron chi connectivity index (χ3n) is 6.66. The van der Waals surface area contributed by atoms with Gasteiger partial charge in [-0.15, -0.1) is 0 Å². The first-order valence-corrected chi connectivity index (χ1v) is 11.9. The lowest BCUT2D eigenvalue weighted by molar-refractivity contribution is -0.139. The molecule has 2 aliphatic rings. The number of benzene rings is 1. The van der Waals surface area contributed by atoms with Gasteiger partial charge in [0.15, 0.2) is 0 Å². The zero-order valence-corrected chi connectivity index (χ0v) is 19.7. The first-order valence-electron chi connectivity index (χ1n) is 11.9. The molecule has 0 radical (unpaired) electrons. The number of nitrogens with zero attached hydrogens (tertiary/aromatic N) is 3. The van der Waals surface area contributed by atoms with Gasteiger partial charge in [-0.2, -0.15) is 13.2 Å². The minimum atomic E-state index is -4.44. The van der Waals surface area contributed by atoms with Crippen molar-refractivity contribution in [3.8, 4) is 0 Å². The van der Waals surface area contributed by atoms with Crippen LogP contribution in [0.25, 0.3) is 0 Å². The highest BCUT2D eigenvalue weighted by atomic mass is 19.4. The Labute approximate surface area is 198 Å². The minimum Gasteiger partial charge on any atom is -0.353 e. The number of hydrogen-bond donors (Lipinski definition) is 1. The second-order valence-electron chi connectivity index (χ2n) is 9.12. The Morgan fingerprint density at radius 1 is 0.971 bits per heavy atom. The second-order valence-corrected chi connectivity index (χ2v) is 9.12. The fraction of sp³-hybridized carbons (Fsp3) is 0.625. The van der Waals surface area contributed by atoms with Crippen molar-refractivity contribution in [1.82, 2.24) is 20.0 Å².